The van der Waals surface area contributed by atoms with Gasteiger partial charge in [0.1, 0.15) is 5.69 Å². The number of nitrogens with zero attached hydrogens (tertiary/aromatic N) is 4. The molecule has 1 atom stereocenters. The van der Waals surface area contributed by atoms with E-state index in [4.69, 9.17) is 0 Å². The van der Waals surface area contributed by atoms with Gasteiger partial charge in [0.15, 0.2) is 0 Å². The van der Waals surface area contributed by atoms with Gasteiger partial charge in [-0.05, 0) is 24.6 Å². The highest BCUT2D eigenvalue weighted by Crippen LogP contribution is 2.19. The van der Waals surface area contributed by atoms with Crippen LogP contribution in [0.5, 0.6) is 0 Å². The summed E-state index contributed by atoms with van der Waals surface area (Å²) in [7, 11) is 0. The van der Waals surface area contributed by atoms with E-state index < -0.39 is 0 Å². The van der Waals surface area contributed by atoms with Gasteiger partial charge < -0.3 is 10.0 Å². The first-order valence-corrected chi connectivity index (χ1v) is 6.63. The fourth-order valence-corrected chi connectivity index (χ4v) is 2.49. The maximum absolute atomic E-state index is 12.6. The minimum absolute atomic E-state index is 0.0522. The number of aromatic nitrogens is 3. The Labute approximate surface area is 116 Å². The summed E-state index contributed by atoms with van der Waals surface area (Å²) in [5.74, 6) is -0.153. The Morgan fingerprint density at radius 3 is 3.00 bits per heavy atom. The third-order valence-electron chi connectivity index (χ3n) is 3.61. The van der Waals surface area contributed by atoms with Crippen LogP contribution < -0.4 is 0 Å². The van der Waals surface area contributed by atoms with Crippen molar-refractivity contribution in [1.29, 1.82) is 0 Å². The van der Waals surface area contributed by atoms with E-state index in [-0.39, 0.29) is 18.6 Å². The first-order chi connectivity index (χ1) is 9.79. The number of amides is 1. The lowest BCUT2D eigenvalue weighted by molar-refractivity contribution is 0.0562. The summed E-state index contributed by atoms with van der Waals surface area (Å²) in [6.45, 7) is 1.10. The first kappa shape index (κ1) is 12.8. The van der Waals surface area contributed by atoms with Crippen molar-refractivity contribution < 1.29 is 9.90 Å². The van der Waals surface area contributed by atoms with Crippen LogP contribution in [0, 0.1) is 0 Å². The van der Waals surface area contributed by atoms with Crippen molar-refractivity contribution in [3.05, 3.63) is 48.0 Å². The average molecular weight is 272 g/mol. The molecule has 3 rings (SSSR count). The number of carbonyl (C=O) groups is 1. The molecule has 0 saturated carbocycles. The molecule has 1 aliphatic rings. The standard InChI is InChI=1S/C14H16N4O2/c19-10-12-5-8-18-11(4-7-16-18)9-17(12)14(20)13-3-1-2-6-15-13/h1-4,6-7,12,19H,5,8-10H2/t12-/m1/s1. The number of aryl methyl sites for hydroxylation is 1. The highest BCUT2D eigenvalue weighted by atomic mass is 16.3. The number of pyridine rings is 1. The molecule has 0 spiro atoms. The van der Waals surface area contributed by atoms with Crippen LogP contribution in [0.15, 0.2) is 36.7 Å². The lowest BCUT2D eigenvalue weighted by Crippen LogP contribution is -2.41. The van der Waals surface area contributed by atoms with Crippen molar-refractivity contribution in [1.82, 2.24) is 19.7 Å². The predicted molar refractivity (Wildman–Crippen MR) is 71.8 cm³/mol. The number of hydrogen-bond acceptors (Lipinski definition) is 4. The summed E-state index contributed by atoms with van der Waals surface area (Å²) in [6.07, 6.45) is 4.02. The van der Waals surface area contributed by atoms with Gasteiger partial charge in [0.2, 0.25) is 0 Å². The topological polar surface area (TPSA) is 71.2 Å². The van der Waals surface area contributed by atoms with E-state index in [9.17, 15) is 9.90 Å². The zero-order valence-electron chi connectivity index (χ0n) is 11.0. The SMILES string of the molecule is O=C(c1ccccn1)N1Cc2ccnn2CC[C@@H]1CO. The summed E-state index contributed by atoms with van der Waals surface area (Å²) >= 11 is 0. The zero-order chi connectivity index (χ0) is 13.9. The highest BCUT2D eigenvalue weighted by molar-refractivity contribution is 5.92. The number of aliphatic hydroxyl groups excluding tert-OH is 1. The van der Waals surface area contributed by atoms with Crippen LogP contribution in [0.1, 0.15) is 22.6 Å². The van der Waals surface area contributed by atoms with Gasteiger partial charge in [-0.25, -0.2) is 0 Å². The average Bonchev–Trinajstić information content (AvgIpc) is 2.87. The molecule has 0 radical (unpaired) electrons. The number of rotatable bonds is 2. The molecule has 0 aliphatic carbocycles. The summed E-state index contributed by atoms with van der Waals surface area (Å²) in [6, 6.07) is 6.96. The van der Waals surface area contributed by atoms with Crippen LogP contribution in [-0.4, -0.2) is 43.3 Å². The van der Waals surface area contributed by atoms with Crippen molar-refractivity contribution in [3.8, 4) is 0 Å². The minimum Gasteiger partial charge on any atom is -0.394 e. The fourth-order valence-electron chi connectivity index (χ4n) is 2.49. The number of hydrogen-bond donors (Lipinski definition) is 1. The van der Waals surface area contributed by atoms with Crippen molar-refractivity contribution in [3.63, 3.8) is 0 Å². The first-order valence-electron chi connectivity index (χ1n) is 6.63. The van der Waals surface area contributed by atoms with Gasteiger partial charge in [0, 0.05) is 18.9 Å². The lowest BCUT2D eigenvalue weighted by atomic mass is 10.1. The minimum atomic E-state index is -0.203. The van der Waals surface area contributed by atoms with Gasteiger partial charge in [-0.2, -0.15) is 5.10 Å². The summed E-state index contributed by atoms with van der Waals surface area (Å²) < 4.78 is 1.88. The number of fused-ring (bicyclic) bond motifs is 1. The lowest BCUT2D eigenvalue weighted by Gasteiger charge is -2.27. The highest BCUT2D eigenvalue weighted by Gasteiger charge is 2.28. The molecule has 6 heteroatoms. The molecule has 0 unspecified atom stereocenters. The molecule has 0 saturated heterocycles. The second-order valence-corrected chi connectivity index (χ2v) is 4.82. The van der Waals surface area contributed by atoms with Gasteiger partial charge in [-0.1, -0.05) is 6.07 Å². The third kappa shape index (κ3) is 2.30. The van der Waals surface area contributed by atoms with Gasteiger partial charge in [0.25, 0.3) is 5.91 Å². The molecule has 0 aromatic carbocycles. The Morgan fingerprint density at radius 2 is 2.25 bits per heavy atom. The van der Waals surface area contributed by atoms with Crippen LogP contribution in [0.4, 0.5) is 0 Å². The number of carbonyl (C=O) groups excluding carboxylic acids is 1. The van der Waals surface area contributed by atoms with Crippen molar-refractivity contribution in [2.24, 2.45) is 0 Å². The van der Waals surface area contributed by atoms with E-state index in [1.807, 2.05) is 10.7 Å². The Hall–Kier alpha value is -2.21. The van der Waals surface area contributed by atoms with Gasteiger partial charge in [0.05, 0.1) is 24.9 Å². The summed E-state index contributed by atoms with van der Waals surface area (Å²) in [5, 5.41) is 13.8. The Bertz CT molecular complexity index is 596. The monoisotopic (exact) mass is 272 g/mol. The molecule has 0 bridgehead atoms. The maximum atomic E-state index is 12.6. The van der Waals surface area contributed by atoms with Crippen molar-refractivity contribution in [2.75, 3.05) is 6.61 Å². The molecule has 2 aromatic rings. The fraction of sp³-hybridized carbons (Fsp3) is 0.357. The predicted octanol–water partition coefficient (Wildman–Crippen LogP) is 0.685. The van der Waals surface area contributed by atoms with E-state index in [1.165, 1.54) is 0 Å². The van der Waals surface area contributed by atoms with E-state index in [0.29, 0.717) is 25.2 Å². The quantitative estimate of drug-likeness (QED) is 0.873. The molecule has 104 valence electrons. The van der Waals surface area contributed by atoms with Crippen LogP contribution >= 0.6 is 0 Å². The molecular formula is C14H16N4O2. The zero-order valence-corrected chi connectivity index (χ0v) is 11.0. The second kappa shape index (κ2) is 5.42. The second-order valence-electron chi connectivity index (χ2n) is 4.82. The third-order valence-corrected chi connectivity index (χ3v) is 3.61. The number of aliphatic hydroxyl groups is 1. The molecule has 2 aromatic heterocycles. The van der Waals surface area contributed by atoms with E-state index >= 15 is 0 Å². The summed E-state index contributed by atoms with van der Waals surface area (Å²) in [5.41, 5.74) is 1.38. The van der Waals surface area contributed by atoms with E-state index in [2.05, 4.69) is 10.1 Å². The van der Waals surface area contributed by atoms with Crippen LogP contribution in [0.25, 0.3) is 0 Å². The molecule has 1 amide bonds. The molecule has 1 N–H and O–H groups in total. The van der Waals surface area contributed by atoms with Gasteiger partial charge in [-0.3, -0.25) is 14.5 Å². The molecule has 0 fully saturated rings. The maximum Gasteiger partial charge on any atom is 0.273 e. The van der Waals surface area contributed by atoms with Gasteiger partial charge in [-0.15, -0.1) is 0 Å². The van der Waals surface area contributed by atoms with Crippen molar-refractivity contribution >= 4 is 5.91 Å². The Balaban J connectivity index is 1.91. The molecule has 1 aliphatic heterocycles. The Kier molecular flexibility index (Phi) is 3.47. The van der Waals surface area contributed by atoms with Crippen LogP contribution in [-0.2, 0) is 13.1 Å². The smallest absolute Gasteiger partial charge is 0.273 e. The molecular weight excluding hydrogens is 256 g/mol. The normalized spacial score (nSPS) is 18.4. The van der Waals surface area contributed by atoms with E-state index in [0.717, 1.165) is 5.69 Å². The van der Waals surface area contributed by atoms with Crippen LogP contribution in [0.2, 0.25) is 0 Å². The van der Waals surface area contributed by atoms with E-state index in [1.54, 1.807) is 35.5 Å². The van der Waals surface area contributed by atoms with Crippen LogP contribution in [0.3, 0.4) is 0 Å². The van der Waals surface area contributed by atoms with Crippen molar-refractivity contribution in [2.45, 2.75) is 25.6 Å². The molecule has 20 heavy (non-hydrogen) atoms. The molecule has 6 nitrogen and oxygen atoms in total. The molecule has 3 heterocycles. The Morgan fingerprint density at radius 1 is 1.35 bits per heavy atom. The van der Waals surface area contributed by atoms with Gasteiger partial charge >= 0.3 is 0 Å². The summed E-state index contributed by atoms with van der Waals surface area (Å²) in [4.78, 5) is 18.4. The largest absolute Gasteiger partial charge is 0.394 e.